The quantitative estimate of drug-likeness (QED) is 0.763. The number of hydrogen-bond acceptors (Lipinski definition) is 3. The van der Waals surface area contributed by atoms with E-state index in [9.17, 15) is 4.79 Å². The zero-order valence-electron chi connectivity index (χ0n) is 10.9. The number of hydrogen-bond donors (Lipinski definition) is 2. The van der Waals surface area contributed by atoms with E-state index in [1.807, 2.05) is 0 Å². The van der Waals surface area contributed by atoms with Gasteiger partial charge in [-0.25, -0.2) is 0 Å². The fourth-order valence-electron chi connectivity index (χ4n) is 3.20. The lowest BCUT2D eigenvalue weighted by atomic mass is 9.78. The molecule has 2 aliphatic rings. The minimum atomic E-state index is -1.01. The van der Waals surface area contributed by atoms with Crippen molar-refractivity contribution < 1.29 is 9.90 Å². The van der Waals surface area contributed by atoms with Crippen LogP contribution in [0, 0.1) is 11.8 Å². The van der Waals surface area contributed by atoms with Crippen LogP contribution in [0.1, 0.15) is 39.5 Å². The first-order chi connectivity index (χ1) is 7.92. The zero-order chi connectivity index (χ0) is 12.6. The number of nitrogens with zero attached hydrogens (tertiary/aromatic N) is 1. The first-order valence-electron chi connectivity index (χ1n) is 6.69. The molecule has 4 atom stereocenters. The Morgan fingerprint density at radius 1 is 1.35 bits per heavy atom. The molecule has 1 saturated heterocycles. The lowest BCUT2D eigenvalue weighted by molar-refractivity contribution is -0.142. The second-order valence-corrected chi connectivity index (χ2v) is 6.10. The molecule has 1 heterocycles. The van der Waals surface area contributed by atoms with Crippen LogP contribution in [0.2, 0.25) is 0 Å². The topological polar surface area (TPSA) is 66.6 Å². The summed E-state index contributed by atoms with van der Waals surface area (Å²) < 4.78 is 0. The highest BCUT2D eigenvalue weighted by molar-refractivity contribution is 5.79. The number of carboxylic acids is 1. The average Bonchev–Trinajstić information content (AvgIpc) is 2.67. The van der Waals surface area contributed by atoms with Crippen LogP contribution in [0.25, 0.3) is 0 Å². The summed E-state index contributed by atoms with van der Waals surface area (Å²) in [4.78, 5) is 13.4. The fourth-order valence-corrected chi connectivity index (χ4v) is 3.20. The van der Waals surface area contributed by atoms with Crippen molar-refractivity contribution in [2.45, 2.75) is 51.1 Å². The summed E-state index contributed by atoms with van der Waals surface area (Å²) in [5.74, 6) is 0.694. The highest BCUT2D eigenvalue weighted by Crippen LogP contribution is 2.34. The second kappa shape index (κ2) is 4.58. The highest BCUT2D eigenvalue weighted by Gasteiger charge is 2.44. The maximum atomic E-state index is 11.1. The van der Waals surface area contributed by atoms with Crippen LogP contribution in [0.3, 0.4) is 0 Å². The van der Waals surface area contributed by atoms with E-state index < -0.39 is 11.5 Å². The average molecular weight is 240 g/mol. The highest BCUT2D eigenvalue weighted by atomic mass is 16.4. The van der Waals surface area contributed by atoms with Gasteiger partial charge in [0.15, 0.2) is 0 Å². The SMILES string of the molecule is CC1CCC(N2CCC(N)(C(=O)O)C2)CC1C. The molecule has 0 bridgehead atoms. The van der Waals surface area contributed by atoms with Crippen molar-refractivity contribution in [1.82, 2.24) is 4.90 Å². The molecule has 0 amide bonds. The van der Waals surface area contributed by atoms with Gasteiger partial charge in [0.25, 0.3) is 0 Å². The summed E-state index contributed by atoms with van der Waals surface area (Å²) in [5, 5.41) is 9.13. The van der Waals surface area contributed by atoms with Crippen LogP contribution in [0.15, 0.2) is 0 Å². The van der Waals surface area contributed by atoms with E-state index >= 15 is 0 Å². The Bertz CT molecular complexity index is 308. The van der Waals surface area contributed by atoms with Crippen molar-refractivity contribution in [2.24, 2.45) is 17.6 Å². The molecule has 2 rings (SSSR count). The van der Waals surface area contributed by atoms with Gasteiger partial charge >= 0.3 is 5.97 Å². The Balaban J connectivity index is 1.95. The van der Waals surface area contributed by atoms with Crippen LogP contribution >= 0.6 is 0 Å². The van der Waals surface area contributed by atoms with E-state index in [2.05, 4.69) is 18.7 Å². The summed E-state index contributed by atoms with van der Waals surface area (Å²) in [7, 11) is 0. The number of rotatable bonds is 2. The number of nitrogens with two attached hydrogens (primary N) is 1. The molecule has 4 nitrogen and oxygen atoms in total. The second-order valence-electron chi connectivity index (χ2n) is 6.10. The van der Waals surface area contributed by atoms with Crippen molar-refractivity contribution >= 4 is 5.97 Å². The Kier molecular flexibility index (Phi) is 3.46. The van der Waals surface area contributed by atoms with Gasteiger partial charge in [-0.15, -0.1) is 0 Å². The predicted octanol–water partition coefficient (Wildman–Crippen LogP) is 1.30. The maximum Gasteiger partial charge on any atom is 0.325 e. The third kappa shape index (κ3) is 2.47. The Morgan fingerprint density at radius 3 is 2.59 bits per heavy atom. The molecular formula is C13H24N2O2. The molecular weight excluding hydrogens is 216 g/mol. The van der Waals surface area contributed by atoms with E-state index in [1.165, 1.54) is 19.3 Å². The lowest BCUT2D eigenvalue weighted by Crippen LogP contribution is -2.51. The van der Waals surface area contributed by atoms with E-state index in [4.69, 9.17) is 10.8 Å². The largest absolute Gasteiger partial charge is 0.480 e. The van der Waals surface area contributed by atoms with Crippen molar-refractivity contribution in [1.29, 1.82) is 0 Å². The van der Waals surface area contributed by atoms with Gasteiger partial charge in [-0.3, -0.25) is 9.69 Å². The predicted molar refractivity (Wildman–Crippen MR) is 66.7 cm³/mol. The van der Waals surface area contributed by atoms with Crippen molar-refractivity contribution in [3.8, 4) is 0 Å². The maximum absolute atomic E-state index is 11.1. The molecule has 1 saturated carbocycles. The number of likely N-dealkylation sites (tertiary alicyclic amines) is 1. The molecule has 1 aliphatic heterocycles. The summed E-state index contributed by atoms with van der Waals surface area (Å²) >= 11 is 0. The molecule has 4 heteroatoms. The molecule has 0 radical (unpaired) electrons. The van der Waals surface area contributed by atoms with Crippen LogP contribution in [-0.4, -0.2) is 40.6 Å². The first-order valence-corrected chi connectivity index (χ1v) is 6.69. The van der Waals surface area contributed by atoms with Gasteiger partial charge in [0.1, 0.15) is 5.54 Å². The third-order valence-electron chi connectivity index (χ3n) is 4.84. The van der Waals surface area contributed by atoms with E-state index in [0.717, 1.165) is 18.4 Å². The monoisotopic (exact) mass is 240 g/mol. The third-order valence-corrected chi connectivity index (χ3v) is 4.84. The summed E-state index contributed by atoms with van der Waals surface area (Å²) in [5.41, 5.74) is 4.91. The van der Waals surface area contributed by atoms with Gasteiger partial charge in [-0.2, -0.15) is 0 Å². The molecule has 0 aromatic heterocycles. The number of carboxylic acid groups (broad SMARTS) is 1. The van der Waals surface area contributed by atoms with Crippen LogP contribution < -0.4 is 5.73 Å². The van der Waals surface area contributed by atoms with Gasteiger partial charge < -0.3 is 10.8 Å². The molecule has 0 aromatic rings. The summed E-state index contributed by atoms with van der Waals surface area (Å²) in [6.45, 7) is 5.98. The first kappa shape index (κ1) is 12.8. The van der Waals surface area contributed by atoms with Crippen LogP contribution in [0.4, 0.5) is 0 Å². The molecule has 3 N–H and O–H groups in total. The summed E-state index contributed by atoms with van der Waals surface area (Å²) in [6, 6.07) is 0.547. The van der Waals surface area contributed by atoms with Gasteiger partial charge in [0, 0.05) is 19.1 Å². The van der Waals surface area contributed by atoms with Gasteiger partial charge in [-0.1, -0.05) is 13.8 Å². The molecule has 1 aliphatic carbocycles. The Labute approximate surface area is 103 Å². The molecule has 2 fully saturated rings. The normalized spacial score (nSPS) is 43.8. The van der Waals surface area contributed by atoms with Gasteiger partial charge in [0.05, 0.1) is 0 Å². The summed E-state index contributed by atoms with van der Waals surface area (Å²) in [6.07, 6.45) is 4.23. The molecule has 0 spiro atoms. The minimum absolute atomic E-state index is 0.522. The van der Waals surface area contributed by atoms with Crippen molar-refractivity contribution in [3.05, 3.63) is 0 Å². The fraction of sp³-hybridized carbons (Fsp3) is 0.923. The van der Waals surface area contributed by atoms with E-state index in [-0.39, 0.29) is 0 Å². The van der Waals surface area contributed by atoms with Crippen LogP contribution in [0.5, 0.6) is 0 Å². The smallest absolute Gasteiger partial charge is 0.325 e. The van der Waals surface area contributed by atoms with Gasteiger partial charge in [-0.05, 0) is 37.5 Å². The van der Waals surface area contributed by atoms with Crippen molar-refractivity contribution in [3.63, 3.8) is 0 Å². The minimum Gasteiger partial charge on any atom is -0.480 e. The van der Waals surface area contributed by atoms with Crippen molar-refractivity contribution in [2.75, 3.05) is 13.1 Å². The lowest BCUT2D eigenvalue weighted by Gasteiger charge is -2.37. The standard InChI is InChI=1S/C13H24N2O2/c1-9-3-4-11(7-10(9)2)15-6-5-13(14,8-15)12(16)17/h9-11H,3-8,14H2,1-2H3,(H,16,17). The van der Waals surface area contributed by atoms with Gasteiger partial charge in [0.2, 0.25) is 0 Å². The molecule has 17 heavy (non-hydrogen) atoms. The molecule has 98 valence electrons. The Morgan fingerprint density at radius 2 is 2.06 bits per heavy atom. The number of carbonyl (C=O) groups is 1. The van der Waals surface area contributed by atoms with E-state index in [0.29, 0.717) is 19.0 Å². The molecule has 0 aromatic carbocycles. The van der Waals surface area contributed by atoms with E-state index in [1.54, 1.807) is 0 Å². The number of aliphatic carboxylic acids is 1. The molecule has 4 unspecified atom stereocenters. The van der Waals surface area contributed by atoms with Crippen LogP contribution in [-0.2, 0) is 4.79 Å². The Hall–Kier alpha value is -0.610. The zero-order valence-corrected chi connectivity index (χ0v) is 10.9.